The molecule has 0 aliphatic heterocycles. The van der Waals surface area contributed by atoms with Crippen LogP contribution in [0.25, 0.3) is 11.5 Å². The minimum Gasteiger partial charge on any atom is -0.507 e. The number of rotatable bonds is 2. The van der Waals surface area contributed by atoms with Gasteiger partial charge in [-0.3, -0.25) is 0 Å². The highest BCUT2D eigenvalue weighted by Gasteiger charge is 2.10. The van der Waals surface area contributed by atoms with E-state index >= 15 is 0 Å². The Balaban J connectivity index is 2.44. The molecule has 0 saturated carbocycles. The Hall–Kier alpha value is -1.55. The van der Waals surface area contributed by atoms with E-state index in [-0.39, 0.29) is 17.5 Å². The van der Waals surface area contributed by atoms with Gasteiger partial charge in [-0.2, -0.15) is 4.98 Å². The topological polar surface area (TPSA) is 59.2 Å². The van der Waals surface area contributed by atoms with Crippen molar-refractivity contribution >= 4 is 11.6 Å². The van der Waals surface area contributed by atoms with Crippen LogP contribution in [0.4, 0.5) is 0 Å². The first-order chi connectivity index (χ1) is 6.81. The summed E-state index contributed by atoms with van der Waals surface area (Å²) in [6.07, 6.45) is 0. The zero-order valence-corrected chi connectivity index (χ0v) is 7.90. The van der Waals surface area contributed by atoms with Crippen LogP contribution in [-0.4, -0.2) is 15.2 Å². The van der Waals surface area contributed by atoms with Gasteiger partial charge >= 0.3 is 0 Å². The predicted octanol–water partition coefficient (Wildman–Crippen LogP) is 2.18. The van der Waals surface area contributed by atoms with E-state index in [0.717, 1.165) is 0 Å². The molecule has 14 heavy (non-hydrogen) atoms. The quantitative estimate of drug-likeness (QED) is 0.772. The summed E-state index contributed by atoms with van der Waals surface area (Å²) < 4.78 is 4.92. The molecule has 0 atom stereocenters. The van der Waals surface area contributed by atoms with Crippen LogP contribution in [0.5, 0.6) is 5.75 Å². The third-order valence-corrected chi connectivity index (χ3v) is 1.96. The molecule has 0 fully saturated rings. The SMILES string of the molecule is Oc1ccccc1-c1nc(CCl)no1. The van der Waals surface area contributed by atoms with Crippen LogP contribution in [0.3, 0.4) is 0 Å². The van der Waals surface area contributed by atoms with E-state index in [1.54, 1.807) is 24.3 Å². The molecule has 1 heterocycles. The van der Waals surface area contributed by atoms with Crippen molar-refractivity contribution < 1.29 is 9.63 Å². The monoisotopic (exact) mass is 210 g/mol. The number of halogens is 1. The second kappa shape index (κ2) is 3.67. The summed E-state index contributed by atoms with van der Waals surface area (Å²) in [7, 11) is 0. The lowest BCUT2D eigenvalue weighted by Gasteiger charge is -1.96. The number of alkyl halides is 1. The molecule has 0 unspecified atom stereocenters. The summed E-state index contributed by atoms with van der Waals surface area (Å²) in [6, 6.07) is 6.75. The Morgan fingerprint density at radius 2 is 2.14 bits per heavy atom. The van der Waals surface area contributed by atoms with E-state index in [1.807, 2.05) is 0 Å². The van der Waals surface area contributed by atoms with Crippen LogP contribution >= 0.6 is 11.6 Å². The maximum absolute atomic E-state index is 9.49. The van der Waals surface area contributed by atoms with Crippen molar-refractivity contribution in [3.05, 3.63) is 30.1 Å². The van der Waals surface area contributed by atoms with Crippen LogP contribution in [0.1, 0.15) is 5.82 Å². The third kappa shape index (κ3) is 1.56. The van der Waals surface area contributed by atoms with E-state index in [0.29, 0.717) is 11.4 Å². The highest BCUT2D eigenvalue weighted by atomic mass is 35.5. The van der Waals surface area contributed by atoms with Gasteiger partial charge in [0, 0.05) is 0 Å². The molecule has 72 valence electrons. The van der Waals surface area contributed by atoms with Gasteiger partial charge in [-0.25, -0.2) is 0 Å². The summed E-state index contributed by atoms with van der Waals surface area (Å²) in [5.74, 6) is 0.984. The second-order valence-electron chi connectivity index (χ2n) is 2.67. The number of phenols is 1. The smallest absolute Gasteiger partial charge is 0.261 e. The highest BCUT2D eigenvalue weighted by molar-refractivity contribution is 6.16. The minimum atomic E-state index is 0.109. The Labute approximate surface area is 85.1 Å². The number of hydrogen-bond acceptors (Lipinski definition) is 4. The van der Waals surface area contributed by atoms with Crippen molar-refractivity contribution in [3.63, 3.8) is 0 Å². The largest absolute Gasteiger partial charge is 0.507 e. The molecule has 0 bridgehead atoms. The van der Waals surface area contributed by atoms with Gasteiger partial charge in [0.25, 0.3) is 5.89 Å². The van der Waals surface area contributed by atoms with Crippen molar-refractivity contribution in [2.75, 3.05) is 0 Å². The van der Waals surface area contributed by atoms with Crippen LogP contribution < -0.4 is 0 Å². The number of benzene rings is 1. The van der Waals surface area contributed by atoms with Gasteiger partial charge < -0.3 is 9.63 Å². The number of phenolic OH excluding ortho intramolecular Hbond substituents is 1. The van der Waals surface area contributed by atoms with Crippen LogP contribution in [0, 0.1) is 0 Å². The van der Waals surface area contributed by atoms with E-state index in [4.69, 9.17) is 16.1 Å². The normalized spacial score (nSPS) is 10.4. The van der Waals surface area contributed by atoms with Gasteiger partial charge in [-0.1, -0.05) is 17.3 Å². The lowest BCUT2D eigenvalue weighted by molar-refractivity contribution is 0.419. The van der Waals surface area contributed by atoms with E-state index in [2.05, 4.69) is 10.1 Å². The van der Waals surface area contributed by atoms with Crippen molar-refractivity contribution in [1.29, 1.82) is 0 Å². The minimum absolute atomic E-state index is 0.109. The number of hydrogen-bond donors (Lipinski definition) is 1. The molecular formula is C9H7ClN2O2. The third-order valence-electron chi connectivity index (χ3n) is 1.72. The fourth-order valence-electron chi connectivity index (χ4n) is 1.07. The Kier molecular flexibility index (Phi) is 2.37. The number of aromatic hydroxyl groups is 1. The molecule has 0 saturated heterocycles. The Morgan fingerprint density at radius 3 is 2.79 bits per heavy atom. The van der Waals surface area contributed by atoms with Crippen molar-refractivity contribution in [3.8, 4) is 17.2 Å². The maximum atomic E-state index is 9.49. The first-order valence-corrected chi connectivity index (χ1v) is 4.51. The molecule has 0 spiro atoms. The molecular weight excluding hydrogens is 204 g/mol. The van der Waals surface area contributed by atoms with Crippen LogP contribution in [-0.2, 0) is 5.88 Å². The first kappa shape index (κ1) is 9.02. The van der Waals surface area contributed by atoms with Gasteiger partial charge in [-0.15, -0.1) is 11.6 Å². The summed E-state index contributed by atoms with van der Waals surface area (Å²) in [6.45, 7) is 0. The lowest BCUT2D eigenvalue weighted by Crippen LogP contribution is -1.81. The van der Waals surface area contributed by atoms with E-state index < -0.39 is 0 Å². The Morgan fingerprint density at radius 1 is 1.36 bits per heavy atom. The molecule has 1 aromatic heterocycles. The number of nitrogens with zero attached hydrogens (tertiary/aromatic N) is 2. The molecule has 0 aliphatic rings. The van der Waals surface area contributed by atoms with E-state index in [1.165, 1.54) is 0 Å². The average molecular weight is 211 g/mol. The number of aromatic nitrogens is 2. The standard InChI is InChI=1S/C9H7ClN2O2/c10-5-8-11-9(14-12-8)6-3-1-2-4-7(6)13/h1-4,13H,5H2. The molecule has 2 aromatic rings. The van der Waals surface area contributed by atoms with Crippen molar-refractivity contribution in [2.24, 2.45) is 0 Å². The molecule has 2 rings (SSSR count). The molecule has 1 aromatic carbocycles. The van der Waals surface area contributed by atoms with Gasteiger partial charge in [0.2, 0.25) is 0 Å². The zero-order chi connectivity index (χ0) is 9.97. The Bertz CT molecular complexity index is 442. The van der Waals surface area contributed by atoms with Crippen molar-refractivity contribution in [2.45, 2.75) is 5.88 Å². The van der Waals surface area contributed by atoms with Crippen LogP contribution in [0.2, 0.25) is 0 Å². The first-order valence-electron chi connectivity index (χ1n) is 3.98. The highest BCUT2D eigenvalue weighted by Crippen LogP contribution is 2.26. The lowest BCUT2D eigenvalue weighted by atomic mass is 10.2. The summed E-state index contributed by atoms with van der Waals surface area (Å²) in [5.41, 5.74) is 0.511. The molecule has 0 radical (unpaired) electrons. The van der Waals surface area contributed by atoms with E-state index in [9.17, 15) is 5.11 Å². The van der Waals surface area contributed by atoms with Gasteiger partial charge in [0.1, 0.15) is 5.75 Å². The molecule has 0 aliphatic carbocycles. The predicted molar refractivity (Wildman–Crippen MR) is 51.0 cm³/mol. The van der Waals surface area contributed by atoms with Gasteiger partial charge in [0.05, 0.1) is 11.4 Å². The second-order valence-corrected chi connectivity index (χ2v) is 2.93. The summed E-state index contributed by atoms with van der Waals surface area (Å²) in [4.78, 5) is 3.99. The molecule has 5 heteroatoms. The zero-order valence-electron chi connectivity index (χ0n) is 7.14. The molecule has 4 nitrogen and oxygen atoms in total. The van der Waals surface area contributed by atoms with Crippen molar-refractivity contribution in [1.82, 2.24) is 10.1 Å². The summed E-state index contributed by atoms with van der Waals surface area (Å²) >= 11 is 5.52. The van der Waals surface area contributed by atoms with Gasteiger partial charge in [0.15, 0.2) is 5.82 Å². The van der Waals surface area contributed by atoms with Crippen LogP contribution in [0.15, 0.2) is 28.8 Å². The maximum Gasteiger partial charge on any atom is 0.261 e. The fourth-order valence-corrected chi connectivity index (χ4v) is 1.18. The molecule has 0 amide bonds. The summed E-state index contributed by atoms with van der Waals surface area (Å²) in [5, 5.41) is 13.1. The van der Waals surface area contributed by atoms with Gasteiger partial charge in [-0.05, 0) is 12.1 Å². The molecule has 1 N–H and O–H groups in total. The average Bonchev–Trinajstić information content (AvgIpc) is 2.67. The fraction of sp³-hybridized carbons (Fsp3) is 0.111. The number of para-hydroxylation sites is 1.